The zero-order chi connectivity index (χ0) is 16.8. The lowest BCUT2D eigenvalue weighted by Gasteiger charge is -2.09. The van der Waals surface area contributed by atoms with Crippen LogP contribution in [0.3, 0.4) is 0 Å². The Hall–Kier alpha value is -2.04. The number of aryl methyl sites for hydroxylation is 2. The zero-order valence-electron chi connectivity index (χ0n) is 14.1. The van der Waals surface area contributed by atoms with Crippen LogP contribution in [0.2, 0.25) is 0 Å². The summed E-state index contributed by atoms with van der Waals surface area (Å²) < 4.78 is 5.63. The van der Waals surface area contributed by atoms with Crippen molar-refractivity contribution >= 4 is 11.8 Å². The van der Waals surface area contributed by atoms with E-state index in [2.05, 4.69) is 23.6 Å². The van der Waals surface area contributed by atoms with Crippen LogP contribution in [0.5, 0.6) is 5.75 Å². The molecule has 1 aliphatic rings. The van der Waals surface area contributed by atoms with Crippen molar-refractivity contribution < 1.29 is 14.3 Å². The van der Waals surface area contributed by atoms with E-state index in [9.17, 15) is 9.59 Å². The fourth-order valence-corrected chi connectivity index (χ4v) is 2.58. The molecule has 23 heavy (non-hydrogen) atoms. The predicted octanol–water partition coefficient (Wildman–Crippen LogP) is 1.96. The van der Waals surface area contributed by atoms with Gasteiger partial charge in [0.15, 0.2) is 0 Å². The number of hydrogen-bond acceptors (Lipinski definition) is 3. The standard InChI is InChI=1S/C18H26N2O3/c1-12-8-13(2)10-15(9-12)23-7-6-19-17(21)4-5-20-18(22)16-11-14(16)3/h8-10,14,16H,4-7,11H2,1-3H3,(H,19,21)(H,20,22)/t14-,16-/m1/s1. The summed E-state index contributed by atoms with van der Waals surface area (Å²) in [5.74, 6) is 1.47. The van der Waals surface area contributed by atoms with Gasteiger partial charge in [0.1, 0.15) is 12.4 Å². The highest BCUT2D eigenvalue weighted by Crippen LogP contribution is 2.37. The maximum Gasteiger partial charge on any atom is 0.223 e. The smallest absolute Gasteiger partial charge is 0.223 e. The summed E-state index contributed by atoms with van der Waals surface area (Å²) in [7, 11) is 0. The molecule has 5 nitrogen and oxygen atoms in total. The molecule has 0 spiro atoms. The second kappa shape index (κ2) is 7.99. The van der Waals surface area contributed by atoms with E-state index in [4.69, 9.17) is 4.74 Å². The normalized spacial score (nSPS) is 19.1. The summed E-state index contributed by atoms with van der Waals surface area (Å²) in [6.45, 7) is 7.40. The van der Waals surface area contributed by atoms with Crippen molar-refractivity contribution in [1.82, 2.24) is 10.6 Å². The molecule has 2 N–H and O–H groups in total. The first-order valence-electron chi connectivity index (χ1n) is 8.21. The second-order valence-electron chi connectivity index (χ2n) is 6.38. The number of rotatable bonds is 8. The number of ether oxygens (including phenoxy) is 1. The lowest BCUT2D eigenvalue weighted by molar-refractivity contribution is -0.123. The fourth-order valence-electron chi connectivity index (χ4n) is 2.58. The minimum atomic E-state index is -0.0711. The van der Waals surface area contributed by atoms with Crippen LogP contribution in [0.15, 0.2) is 18.2 Å². The molecule has 0 heterocycles. The molecule has 0 aromatic heterocycles. The first kappa shape index (κ1) is 17.3. The Morgan fingerprint density at radius 1 is 1.13 bits per heavy atom. The average Bonchev–Trinajstić information content (AvgIpc) is 3.20. The van der Waals surface area contributed by atoms with E-state index in [0.29, 0.717) is 32.0 Å². The molecule has 2 rings (SSSR count). The number of hydrogen-bond donors (Lipinski definition) is 2. The van der Waals surface area contributed by atoms with Crippen molar-refractivity contribution in [2.24, 2.45) is 11.8 Å². The van der Waals surface area contributed by atoms with E-state index in [1.165, 1.54) is 0 Å². The predicted molar refractivity (Wildman–Crippen MR) is 89.3 cm³/mol. The molecule has 5 heteroatoms. The molecule has 0 radical (unpaired) electrons. The van der Waals surface area contributed by atoms with Gasteiger partial charge in [-0.15, -0.1) is 0 Å². The molecule has 2 atom stereocenters. The van der Waals surface area contributed by atoms with Crippen LogP contribution in [0, 0.1) is 25.7 Å². The van der Waals surface area contributed by atoms with Gasteiger partial charge < -0.3 is 15.4 Å². The summed E-state index contributed by atoms with van der Waals surface area (Å²) in [6.07, 6.45) is 1.27. The number of carbonyl (C=O) groups is 2. The molecule has 2 amide bonds. The zero-order valence-corrected chi connectivity index (χ0v) is 14.1. The third-order valence-corrected chi connectivity index (χ3v) is 3.99. The average molecular weight is 318 g/mol. The lowest BCUT2D eigenvalue weighted by Crippen LogP contribution is -2.33. The van der Waals surface area contributed by atoms with Gasteiger partial charge in [-0.05, 0) is 49.4 Å². The summed E-state index contributed by atoms with van der Waals surface area (Å²) in [4.78, 5) is 23.3. The first-order chi connectivity index (χ1) is 11.0. The molecule has 1 saturated carbocycles. The third kappa shape index (κ3) is 5.93. The summed E-state index contributed by atoms with van der Waals surface area (Å²) >= 11 is 0. The highest BCUT2D eigenvalue weighted by atomic mass is 16.5. The Labute approximate surface area is 137 Å². The van der Waals surface area contributed by atoms with Gasteiger partial charge in [-0.2, -0.15) is 0 Å². The topological polar surface area (TPSA) is 67.4 Å². The number of benzene rings is 1. The summed E-state index contributed by atoms with van der Waals surface area (Å²) in [5.41, 5.74) is 2.31. The van der Waals surface area contributed by atoms with Gasteiger partial charge in [0.25, 0.3) is 0 Å². The van der Waals surface area contributed by atoms with E-state index in [1.54, 1.807) is 0 Å². The van der Waals surface area contributed by atoms with Crippen LogP contribution in [0.4, 0.5) is 0 Å². The molecule has 126 valence electrons. The molecular weight excluding hydrogens is 292 g/mol. The largest absolute Gasteiger partial charge is 0.492 e. The first-order valence-corrected chi connectivity index (χ1v) is 8.21. The quantitative estimate of drug-likeness (QED) is 0.720. The van der Waals surface area contributed by atoms with Gasteiger partial charge in [0.2, 0.25) is 11.8 Å². The molecule has 1 fully saturated rings. The monoisotopic (exact) mass is 318 g/mol. The Kier molecular flexibility index (Phi) is 6.02. The number of amides is 2. The van der Waals surface area contributed by atoms with Crippen LogP contribution < -0.4 is 15.4 Å². The fraction of sp³-hybridized carbons (Fsp3) is 0.556. The molecule has 1 aromatic carbocycles. The van der Waals surface area contributed by atoms with E-state index in [0.717, 1.165) is 23.3 Å². The van der Waals surface area contributed by atoms with Crippen LogP contribution in [0.25, 0.3) is 0 Å². The molecule has 0 unspecified atom stereocenters. The van der Waals surface area contributed by atoms with Crippen molar-refractivity contribution in [3.05, 3.63) is 29.3 Å². The van der Waals surface area contributed by atoms with Gasteiger partial charge in [0.05, 0.1) is 6.54 Å². The highest BCUT2D eigenvalue weighted by molar-refractivity contribution is 5.82. The van der Waals surface area contributed by atoms with Gasteiger partial charge in [-0.25, -0.2) is 0 Å². The van der Waals surface area contributed by atoms with Crippen molar-refractivity contribution in [3.8, 4) is 5.75 Å². The Balaban J connectivity index is 1.55. The van der Waals surface area contributed by atoms with Gasteiger partial charge >= 0.3 is 0 Å². The molecule has 1 aromatic rings. The van der Waals surface area contributed by atoms with Crippen LogP contribution in [0.1, 0.15) is 30.9 Å². The number of carbonyl (C=O) groups excluding carboxylic acids is 2. The Morgan fingerprint density at radius 2 is 1.78 bits per heavy atom. The van der Waals surface area contributed by atoms with E-state index >= 15 is 0 Å². The molecule has 0 bridgehead atoms. The Bertz CT molecular complexity index is 551. The molecular formula is C18H26N2O3. The van der Waals surface area contributed by atoms with Crippen LogP contribution in [-0.4, -0.2) is 31.5 Å². The van der Waals surface area contributed by atoms with Gasteiger partial charge in [0, 0.05) is 18.9 Å². The number of nitrogens with one attached hydrogen (secondary N) is 2. The molecule has 0 saturated heterocycles. The minimum absolute atomic E-state index is 0.0711. The Morgan fingerprint density at radius 3 is 2.39 bits per heavy atom. The van der Waals surface area contributed by atoms with Gasteiger partial charge in [-0.1, -0.05) is 13.0 Å². The third-order valence-electron chi connectivity index (χ3n) is 3.99. The SMILES string of the molecule is Cc1cc(C)cc(OCCNC(=O)CCNC(=O)[C@@H]2C[C@H]2C)c1. The van der Waals surface area contributed by atoms with E-state index < -0.39 is 0 Å². The van der Waals surface area contributed by atoms with Crippen molar-refractivity contribution in [1.29, 1.82) is 0 Å². The van der Waals surface area contributed by atoms with Crippen molar-refractivity contribution in [2.45, 2.75) is 33.6 Å². The molecule has 1 aliphatic carbocycles. The summed E-state index contributed by atoms with van der Waals surface area (Å²) in [6, 6.07) is 6.04. The maximum atomic E-state index is 11.7. The van der Waals surface area contributed by atoms with E-state index in [1.807, 2.05) is 26.0 Å². The highest BCUT2D eigenvalue weighted by Gasteiger charge is 2.38. The second-order valence-corrected chi connectivity index (χ2v) is 6.38. The van der Waals surface area contributed by atoms with Crippen molar-refractivity contribution in [2.75, 3.05) is 19.7 Å². The maximum absolute atomic E-state index is 11.7. The molecule has 0 aliphatic heterocycles. The van der Waals surface area contributed by atoms with Crippen molar-refractivity contribution in [3.63, 3.8) is 0 Å². The van der Waals surface area contributed by atoms with E-state index in [-0.39, 0.29) is 17.7 Å². The summed E-state index contributed by atoms with van der Waals surface area (Å²) in [5, 5.41) is 5.60. The lowest BCUT2D eigenvalue weighted by atomic mass is 10.1. The van der Waals surface area contributed by atoms with Crippen LogP contribution >= 0.6 is 0 Å². The van der Waals surface area contributed by atoms with Gasteiger partial charge in [-0.3, -0.25) is 9.59 Å². The van der Waals surface area contributed by atoms with Crippen LogP contribution in [-0.2, 0) is 9.59 Å². The minimum Gasteiger partial charge on any atom is -0.492 e.